The van der Waals surface area contributed by atoms with Crippen LogP contribution >= 0.6 is 24.1 Å². The van der Waals surface area contributed by atoms with Crippen LogP contribution in [0.3, 0.4) is 0 Å². The number of hydrogen-bond acceptors (Lipinski definition) is 12. The fourth-order valence-electron chi connectivity index (χ4n) is 3.88. The van der Waals surface area contributed by atoms with Gasteiger partial charge in [-0.2, -0.15) is 13.2 Å². The average Bonchev–Trinajstić information content (AvgIpc) is 3.07. The number of benzene rings is 3. The summed E-state index contributed by atoms with van der Waals surface area (Å²) in [6.07, 6.45) is 1.63. The summed E-state index contributed by atoms with van der Waals surface area (Å²) in [7, 11) is 0.788. The molecule has 0 fully saturated rings. The van der Waals surface area contributed by atoms with Crippen LogP contribution in [0.1, 0.15) is 46.5 Å². The van der Waals surface area contributed by atoms with Gasteiger partial charge in [0, 0.05) is 10.9 Å². The van der Waals surface area contributed by atoms with E-state index in [4.69, 9.17) is 20.0 Å². The second-order valence-corrected chi connectivity index (χ2v) is 12.1. The van der Waals surface area contributed by atoms with Crippen LogP contribution in [0.25, 0.3) is 10.8 Å². The van der Waals surface area contributed by atoms with Crippen molar-refractivity contribution in [1.29, 1.82) is 0 Å². The molecule has 0 aliphatic heterocycles. The van der Waals surface area contributed by atoms with Crippen LogP contribution in [0.2, 0.25) is 0 Å². The van der Waals surface area contributed by atoms with Gasteiger partial charge in [0.1, 0.15) is 4.90 Å². The van der Waals surface area contributed by atoms with E-state index in [-0.39, 0.29) is 37.3 Å². The summed E-state index contributed by atoms with van der Waals surface area (Å²) in [5, 5.41) is 22.5. The van der Waals surface area contributed by atoms with Crippen LogP contribution in [0, 0.1) is 58.2 Å². The van der Waals surface area contributed by atoms with E-state index in [1.807, 2.05) is 20.8 Å². The van der Waals surface area contributed by atoms with E-state index < -0.39 is 102 Å². The van der Waals surface area contributed by atoms with Crippen molar-refractivity contribution in [2.75, 3.05) is 20.3 Å². The van der Waals surface area contributed by atoms with Crippen LogP contribution in [0.15, 0.2) is 9.79 Å². The van der Waals surface area contributed by atoms with Crippen molar-refractivity contribution < 1.29 is 92.2 Å². The van der Waals surface area contributed by atoms with Crippen molar-refractivity contribution >= 4 is 41.0 Å². The minimum atomic E-state index is -2.25. The molecule has 0 atom stereocenters. The average molecular weight is 792 g/mol. The van der Waals surface area contributed by atoms with Crippen LogP contribution < -0.4 is 14.8 Å². The number of carbonyl (C=O) groups is 1. The molecule has 3 rings (SSSR count). The fourth-order valence-corrected chi connectivity index (χ4v) is 4.84. The molecule has 0 aliphatic carbocycles. The highest BCUT2D eigenvalue weighted by atomic mass is 32.2. The fraction of sp³-hybridized carbons (Fsp3) is 0.393. The molecule has 0 saturated heterocycles. The highest BCUT2D eigenvalue weighted by Gasteiger charge is 2.32. The predicted molar refractivity (Wildman–Crippen MR) is 156 cm³/mol. The summed E-state index contributed by atoms with van der Waals surface area (Å²) in [6, 6.07) is 0. The van der Waals surface area contributed by atoms with Gasteiger partial charge in [0.15, 0.2) is 52.2 Å². The monoisotopic (exact) mass is 791 g/mol. The Morgan fingerprint density at radius 3 is 1.55 bits per heavy atom. The number of carbonyl (C=O) groups excluding carboxylic acids is 1. The first kappa shape index (κ1) is 43.7. The number of amides is 1. The SMILES string of the molecule is CC(C)(C)NC(=O)OCCCCCCOc1c(F)c(F)c(SOOO)c(F)c1F.COc1c(F)c(F)c(SOOO)c2c(F)c(F)c(F)c(F)c12. The van der Waals surface area contributed by atoms with Crippen molar-refractivity contribution in [3.63, 3.8) is 0 Å². The van der Waals surface area contributed by atoms with Gasteiger partial charge in [-0.3, -0.25) is 0 Å². The van der Waals surface area contributed by atoms with Crippen molar-refractivity contribution in [2.45, 2.75) is 61.8 Å². The number of halogens is 10. The van der Waals surface area contributed by atoms with Crippen LogP contribution in [0.4, 0.5) is 48.7 Å². The summed E-state index contributed by atoms with van der Waals surface area (Å²) in [4.78, 5) is 9.14. The lowest BCUT2D eigenvalue weighted by Gasteiger charge is -2.19. The Morgan fingerprint density at radius 1 is 0.608 bits per heavy atom. The Kier molecular flexibility index (Phi) is 17.1. The Labute approximate surface area is 290 Å². The second kappa shape index (κ2) is 20.0. The number of alkyl carbamates (subject to hydrolysis) is 1. The smallest absolute Gasteiger partial charge is 0.407 e. The molecule has 0 aliphatic rings. The van der Waals surface area contributed by atoms with Gasteiger partial charge < -0.3 is 19.5 Å². The van der Waals surface area contributed by atoms with Gasteiger partial charge in [-0.1, -0.05) is 10.1 Å². The van der Waals surface area contributed by atoms with Gasteiger partial charge >= 0.3 is 6.09 Å². The standard InChI is InChI=1S/C17H23F4NO6S.C11H4F6O4S/c1-17(2,3)22-16(23)26-9-7-5-4-6-8-25-14-10(18)12(20)15(29-28-27-24)13(21)11(14)19;1-19-10-2-3(5(13)7(15)6(14)4(2)12)11(22-21-20-18)9(17)8(10)16/h24H,4-9H2,1-3H3,(H,22,23);18H,1H3. The molecule has 3 N–H and O–H groups in total. The third-order valence-corrected chi connectivity index (χ3v) is 7.32. The van der Waals surface area contributed by atoms with E-state index in [1.54, 1.807) is 0 Å². The number of methoxy groups -OCH3 is 1. The minimum Gasteiger partial charge on any atom is -0.493 e. The van der Waals surface area contributed by atoms with Crippen LogP contribution in [-0.4, -0.2) is 42.5 Å². The van der Waals surface area contributed by atoms with Gasteiger partial charge in [0.25, 0.3) is 0 Å². The second-order valence-electron chi connectivity index (χ2n) is 10.6. The molecule has 51 heavy (non-hydrogen) atoms. The number of rotatable bonds is 15. The Balaban J connectivity index is 0.000000366. The van der Waals surface area contributed by atoms with Gasteiger partial charge in [-0.15, -0.1) is 8.67 Å². The summed E-state index contributed by atoms with van der Waals surface area (Å²) < 4.78 is 159. The molecule has 0 radical (unpaired) electrons. The molecular weight excluding hydrogens is 764 g/mol. The minimum absolute atomic E-state index is 0.180. The summed E-state index contributed by atoms with van der Waals surface area (Å²) >= 11 is -0.534. The van der Waals surface area contributed by atoms with E-state index in [2.05, 4.69) is 28.8 Å². The number of ether oxygens (including phenoxy) is 3. The van der Waals surface area contributed by atoms with Crippen LogP contribution in [-0.2, 0) is 23.5 Å². The highest BCUT2D eigenvalue weighted by molar-refractivity contribution is 7.95. The van der Waals surface area contributed by atoms with Crippen molar-refractivity contribution in [3.8, 4) is 11.5 Å². The van der Waals surface area contributed by atoms with Crippen molar-refractivity contribution in [1.82, 2.24) is 5.32 Å². The molecule has 0 aromatic heterocycles. The quantitative estimate of drug-likeness (QED) is 0.0258. The molecular formula is C28H27F10NO10S2. The van der Waals surface area contributed by atoms with E-state index in [0.29, 0.717) is 25.7 Å². The Bertz CT molecular complexity index is 1660. The molecule has 0 spiro atoms. The maximum absolute atomic E-state index is 13.9. The zero-order valence-corrected chi connectivity index (χ0v) is 28.1. The third-order valence-electron chi connectivity index (χ3n) is 5.99. The first-order valence-corrected chi connectivity index (χ1v) is 15.4. The van der Waals surface area contributed by atoms with Gasteiger partial charge in [0.05, 0.1) is 54.7 Å². The third kappa shape index (κ3) is 11.3. The largest absolute Gasteiger partial charge is 0.493 e. The summed E-state index contributed by atoms with van der Waals surface area (Å²) in [6.45, 7) is 5.49. The zero-order valence-electron chi connectivity index (χ0n) is 26.5. The molecule has 11 nitrogen and oxygen atoms in total. The molecule has 286 valence electrons. The molecule has 0 heterocycles. The zero-order chi connectivity index (χ0) is 38.6. The number of hydrogen-bond donors (Lipinski definition) is 3. The summed E-state index contributed by atoms with van der Waals surface area (Å²) in [5.41, 5.74) is -0.394. The van der Waals surface area contributed by atoms with Crippen molar-refractivity contribution in [3.05, 3.63) is 58.2 Å². The van der Waals surface area contributed by atoms with Gasteiger partial charge in [-0.25, -0.2) is 46.0 Å². The lowest BCUT2D eigenvalue weighted by atomic mass is 10.1. The number of fused-ring (bicyclic) bond motifs is 1. The van der Waals surface area contributed by atoms with Gasteiger partial charge in [-0.05, 0) is 46.5 Å². The maximum atomic E-state index is 13.9. The molecule has 0 unspecified atom stereocenters. The van der Waals surface area contributed by atoms with Crippen LogP contribution in [0.5, 0.6) is 11.5 Å². The lowest BCUT2D eigenvalue weighted by molar-refractivity contribution is -0.432. The predicted octanol–water partition coefficient (Wildman–Crippen LogP) is 9.25. The topological polar surface area (TPSA) is 134 Å². The normalized spacial score (nSPS) is 11.4. The molecule has 3 aromatic rings. The molecule has 0 saturated carbocycles. The Hall–Kier alpha value is -3.45. The maximum Gasteiger partial charge on any atom is 0.407 e. The van der Waals surface area contributed by atoms with Crippen molar-refractivity contribution in [2.24, 2.45) is 0 Å². The molecule has 0 bridgehead atoms. The Morgan fingerprint density at radius 2 is 1.06 bits per heavy atom. The number of unbranched alkanes of at least 4 members (excludes halogenated alkanes) is 3. The first-order chi connectivity index (χ1) is 23.9. The van der Waals surface area contributed by atoms with E-state index in [1.165, 1.54) is 0 Å². The van der Waals surface area contributed by atoms with Gasteiger partial charge in [0.2, 0.25) is 17.5 Å². The first-order valence-electron chi connectivity index (χ1n) is 13.9. The molecule has 23 heteroatoms. The van der Waals surface area contributed by atoms with E-state index in [0.717, 1.165) is 7.11 Å². The lowest BCUT2D eigenvalue weighted by Crippen LogP contribution is -2.41. The van der Waals surface area contributed by atoms with E-state index in [9.17, 15) is 48.7 Å². The molecule has 1 amide bonds. The summed E-state index contributed by atoms with van der Waals surface area (Å²) in [5.74, 6) is -21.4. The molecule has 3 aromatic carbocycles. The highest BCUT2D eigenvalue weighted by Crippen LogP contribution is 2.43. The van der Waals surface area contributed by atoms with E-state index >= 15 is 0 Å². The number of nitrogens with one attached hydrogen (secondary N) is 1.